The van der Waals surface area contributed by atoms with E-state index in [0.29, 0.717) is 18.4 Å². The number of ether oxygens (including phenoxy) is 2. The van der Waals surface area contributed by atoms with Gasteiger partial charge in [-0.15, -0.1) is 0 Å². The van der Waals surface area contributed by atoms with Crippen molar-refractivity contribution in [2.24, 2.45) is 5.92 Å². The van der Waals surface area contributed by atoms with E-state index in [1.165, 1.54) is 19.3 Å². The smallest absolute Gasteiger partial charge is 0.278 e. The lowest BCUT2D eigenvalue weighted by atomic mass is 9.95. The van der Waals surface area contributed by atoms with Gasteiger partial charge in [-0.25, -0.2) is 9.97 Å². The number of piperidine rings is 1. The summed E-state index contributed by atoms with van der Waals surface area (Å²) in [6, 6.07) is 7.74. The number of nitrogens with one attached hydrogen (secondary N) is 1. The van der Waals surface area contributed by atoms with Gasteiger partial charge in [-0.2, -0.15) is 0 Å². The van der Waals surface area contributed by atoms with Crippen LogP contribution in [0.5, 0.6) is 11.8 Å². The predicted octanol–water partition coefficient (Wildman–Crippen LogP) is 2.80. The molecule has 1 aromatic carbocycles. The molecule has 0 aliphatic carbocycles. The Hall–Kier alpha value is -1.88. The van der Waals surface area contributed by atoms with E-state index in [1.54, 1.807) is 7.11 Å². The number of fused-ring (bicyclic) bond motifs is 1. The lowest BCUT2D eigenvalue weighted by molar-refractivity contribution is 0.253. The number of aromatic nitrogens is 2. The van der Waals surface area contributed by atoms with Crippen molar-refractivity contribution in [2.45, 2.75) is 25.7 Å². The Bertz CT molecular complexity index is 612. The van der Waals surface area contributed by atoms with Gasteiger partial charge in [0.1, 0.15) is 0 Å². The minimum absolute atomic E-state index is 0.457. The first kappa shape index (κ1) is 15.0. The van der Waals surface area contributed by atoms with Crippen molar-refractivity contribution in [1.29, 1.82) is 0 Å². The summed E-state index contributed by atoms with van der Waals surface area (Å²) in [5, 5.41) is 3.45. The van der Waals surface area contributed by atoms with E-state index in [-0.39, 0.29) is 0 Å². The van der Waals surface area contributed by atoms with Crippen LogP contribution >= 0.6 is 0 Å². The average Bonchev–Trinajstić information content (AvgIpc) is 2.59. The van der Waals surface area contributed by atoms with Crippen LogP contribution in [0.15, 0.2) is 24.3 Å². The zero-order chi connectivity index (χ0) is 15.2. The number of benzene rings is 1. The molecule has 1 aromatic heterocycles. The third-order valence-electron chi connectivity index (χ3n) is 4.10. The normalized spacial score (nSPS) is 18.3. The van der Waals surface area contributed by atoms with Crippen molar-refractivity contribution in [2.75, 3.05) is 26.8 Å². The third-order valence-corrected chi connectivity index (χ3v) is 4.10. The van der Waals surface area contributed by atoms with E-state index in [1.807, 2.05) is 24.3 Å². The fourth-order valence-electron chi connectivity index (χ4n) is 2.91. The molecule has 1 fully saturated rings. The number of hydrogen-bond acceptors (Lipinski definition) is 5. The summed E-state index contributed by atoms with van der Waals surface area (Å²) >= 11 is 0. The van der Waals surface area contributed by atoms with E-state index in [2.05, 4.69) is 15.3 Å². The Morgan fingerprint density at radius 2 is 1.95 bits per heavy atom. The van der Waals surface area contributed by atoms with Crippen LogP contribution in [0.4, 0.5) is 0 Å². The highest BCUT2D eigenvalue weighted by atomic mass is 16.5. The van der Waals surface area contributed by atoms with Crippen LogP contribution < -0.4 is 14.8 Å². The molecular weight excluding hydrogens is 278 g/mol. The highest BCUT2D eigenvalue weighted by molar-refractivity contribution is 5.75. The Kier molecular flexibility index (Phi) is 5.06. The first-order valence-electron chi connectivity index (χ1n) is 8.01. The molecule has 22 heavy (non-hydrogen) atoms. The molecule has 0 unspecified atom stereocenters. The van der Waals surface area contributed by atoms with Crippen LogP contribution in [-0.4, -0.2) is 36.8 Å². The van der Waals surface area contributed by atoms with E-state index < -0.39 is 0 Å². The van der Waals surface area contributed by atoms with Crippen molar-refractivity contribution >= 4 is 11.0 Å². The minimum Gasteiger partial charge on any atom is -0.477 e. The second-order valence-electron chi connectivity index (χ2n) is 5.73. The lowest BCUT2D eigenvalue weighted by Crippen LogP contribution is -2.29. The molecule has 1 N–H and O–H groups in total. The van der Waals surface area contributed by atoms with Crippen LogP contribution in [0.3, 0.4) is 0 Å². The van der Waals surface area contributed by atoms with Gasteiger partial charge in [0.15, 0.2) is 0 Å². The predicted molar refractivity (Wildman–Crippen MR) is 86.4 cm³/mol. The van der Waals surface area contributed by atoms with Crippen molar-refractivity contribution in [3.63, 3.8) is 0 Å². The third kappa shape index (κ3) is 3.65. The zero-order valence-electron chi connectivity index (χ0n) is 13.0. The van der Waals surface area contributed by atoms with E-state index in [4.69, 9.17) is 9.47 Å². The highest BCUT2D eigenvalue weighted by Gasteiger charge is 2.14. The molecule has 2 aromatic rings. The van der Waals surface area contributed by atoms with Crippen LogP contribution in [0, 0.1) is 5.92 Å². The summed E-state index contributed by atoms with van der Waals surface area (Å²) in [5.74, 6) is 1.72. The minimum atomic E-state index is 0.457. The summed E-state index contributed by atoms with van der Waals surface area (Å²) in [7, 11) is 1.60. The topological polar surface area (TPSA) is 56.3 Å². The first-order chi connectivity index (χ1) is 10.9. The van der Waals surface area contributed by atoms with Gasteiger partial charge in [0.25, 0.3) is 11.8 Å². The molecule has 5 heteroatoms. The molecule has 0 amide bonds. The standard InChI is InChI=1S/C17H23N3O2/c1-21-16-17(20-15-9-3-2-8-14(15)19-16)22-11-5-7-13-6-4-10-18-12-13/h2-3,8-9,13,18H,4-7,10-12H2,1H3/t13-/m1/s1. The van der Waals surface area contributed by atoms with E-state index >= 15 is 0 Å². The van der Waals surface area contributed by atoms with Crippen LogP contribution in [0.1, 0.15) is 25.7 Å². The number of hydrogen-bond donors (Lipinski definition) is 1. The van der Waals surface area contributed by atoms with Gasteiger partial charge < -0.3 is 14.8 Å². The van der Waals surface area contributed by atoms with Crippen LogP contribution in [-0.2, 0) is 0 Å². The SMILES string of the molecule is COc1nc2ccccc2nc1OCCC[C@H]1CCCNC1. The quantitative estimate of drug-likeness (QED) is 0.831. The highest BCUT2D eigenvalue weighted by Crippen LogP contribution is 2.25. The first-order valence-corrected chi connectivity index (χ1v) is 8.01. The molecule has 1 aliphatic heterocycles. The van der Waals surface area contributed by atoms with Gasteiger partial charge in [-0.1, -0.05) is 12.1 Å². The Morgan fingerprint density at radius 1 is 1.18 bits per heavy atom. The molecular formula is C17H23N3O2. The van der Waals surface area contributed by atoms with E-state index in [0.717, 1.165) is 36.5 Å². The average molecular weight is 301 g/mol. The van der Waals surface area contributed by atoms with Crippen molar-refractivity contribution in [3.05, 3.63) is 24.3 Å². The Labute approximate surface area is 131 Å². The molecule has 1 saturated heterocycles. The van der Waals surface area contributed by atoms with Gasteiger partial charge in [-0.05, 0) is 56.8 Å². The molecule has 118 valence electrons. The van der Waals surface area contributed by atoms with Gasteiger partial charge in [0.05, 0.1) is 24.8 Å². The van der Waals surface area contributed by atoms with Crippen LogP contribution in [0.2, 0.25) is 0 Å². The number of para-hydroxylation sites is 2. The molecule has 5 nitrogen and oxygen atoms in total. The molecule has 0 radical (unpaired) electrons. The molecule has 2 heterocycles. The summed E-state index contributed by atoms with van der Waals surface area (Å²) in [6.45, 7) is 2.95. The number of methoxy groups -OCH3 is 1. The maximum atomic E-state index is 5.81. The fourth-order valence-corrected chi connectivity index (χ4v) is 2.91. The second-order valence-corrected chi connectivity index (χ2v) is 5.73. The molecule has 0 spiro atoms. The Morgan fingerprint density at radius 3 is 2.64 bits per heavy atom. The maximum Gasteiger partial charge on any atom is 0.278 e. The second kappa shape index (κ2) is 7.40. The molecule has 1 aliphatic rings. The van der Waals surface area contributed by atoms with Gasteiger partial charge in [0.2, 0.25) is 0 Å². The number of nitrogens with zero attached hydrogens (tertiary/aromatic N) is 2. The fraction of sp³-hybridized carbons (Fsp3) is 0.529. The van der Waals surface area contributed by atoms with Crippen molar-refractivity contribution in [3.8, 4) is 11.8 Å². The van der Waals surface area contributed by atoms with Crippen molar-refractivity contribution in [1.82, 2.24) is 15.3 Å². The maximum absolute atomic E-state index is 5.81. The summed E-state index contributed by atoms with van der Waals surface area (Å²) in [6.07, 6.45) is 4.84. The molecule has 0 bridgehead atoms. The Balaban J connectivity index is 1.58. The summed E-state index contributed by atoms with van der Waals surface area (Å²) in [4.78, 5) is 8.95. The number of rotatable bonds is 6. The zero-order valence-corrected chi connectivity index (χ0v) is 13.0. The van der Waals surface area contributed by atoms with Crippen molar-refractivity contribution < 1.29 is 9.47 Å². The van der Waals surface area contributed by atoms with Gasteiger partial charge in [-0.3, -0.25) is 0 Å². The molecule has 0 saturated carbocycles. The molecule has 1 atom stereocenters. The largest absolute Gasteiger partial charge is 0.477 e. The molecule has 3 rings (SSSR count). The van der Waals surface area contributed by atoms with E-state index in [9.17, 15) is 0 Å². The van der Waals surface area contributed by atoms with Gasteiger partial charge in [0, 0.05) is 0 Å². The van der Waals surface area contributed by atoms with Gasteiger partial charge >= 0.3 is 0 Å². The monoisotopic (exact) mass is 301 g/mol. The lowest BCUT2D eigenvalue weighted by Gasteiger charge is -2.22. The summed E-state index contributed by atoms with van der Waals surface area (Å²) < 4.78 is 11.1. The van der Waals surface area contributed by atoms with Crippen LogP contribution in [0.25, 0.3) is 11.0 Å². The summed E-state index contributed by atoms with van der Waals surface area (Å²) in [5.41, 5.74) is 1.65.